The first kappa shape index (κ1) is 15.6. The second-order valence-electron chi connectivity index (χ2n) is 5.32. The summed E-state index contributed by atoms with van der Waals surface area (Å²) in [6.45, 7) is 0. The third kappa shape index (κ3) is 2.93. The lowest BCUT2D eigenvalue weighted by Crippen LogP contribution is -2.49. The summed E-state index contributed by atoms with van der Waals surface area (Å²) in [5, 5.41) is 0.599. The summed E-state index contributed by atoms with van der Waals surface area (Å²) >= 11 is 6.09. The van der Waals surface area contributed by atoms with Crippen molar-refractivity contribution < 1.29 is 9.47 Å². The zero-order chi connectivity index (χ0) is 14.6. The molecule has 0 bridgehead atoms. The first-order valence-corrected chi connectivity index (χ1v) is 7.39. The fourth-order valence-corrected chi connectivity index (χ4v) is 3.36. The van der Waals surface area contributed by atoms with Crippen LogP contribution in [0.5, 0.6) is 5.75 Å². The van der Waals surface area contributed by atoms with Crippen LogP contribution >= 0.6 is 11.6 Å². The molecule has 1 saturated carbocycles. The quantitative estimate of drug-likeness (QED) is 0.647. The van der Waals surface area contributed by atoms with Crippen LogP contribution in [0.4, 0.5) is 0 Å². The van der Waals surface area contributed by atoms with Crippen LogP contribution in [-0.4, -0.2) is 19.8 Å². The van der Waals surface area contributed by atoms with Gasteiger partial charge in [-0.15, -0.1) is 0 Å². The Morgan fingerprint density at radius 1 is 1.25 bits per heavy atom. The Balaban J connectivity index is 2.35. The average molecular weight is 299 g/mol. The monoisotopic (exact) mass is 298 g/mol. The van der Waals surface area contributed by atoms with Gasteiger partial charge in [0.05, 0.1) is 23.8 Å². The summed E-state index contributed by atoms with van der Waals surface area (Å²) in [5.74, 6) is 6.48. The SMILES string of the molecule is COc1cc(C(NN)C2(OC)CCCCC2)ccc1Cl. The Hall–Kier alpha value is -0.810. The highest BCUT2D eigenvalue weighted by atomic mass is 35.5. The number of nitrogens with two attached hydrogens (primary N) is 1. The minimum atomic E-state index is -0.258. The standard InChI is InChI=1S/C15H23ClN2O2/c1-19-13-10-11(6-7-12(13)16)14(18-17)15(20-2)8-4-3-5-9-15/h6-7,10,14,18H,3-5,8-9,17H2,1-2H3. The van der Waals surface area contributed by atoms with Gasteiger partial charge in [-0.3, -0.25) is 11.3 Å². The molecule has 1 aromatic rings. The van der Waals surface area contributed by atoms with E-state index < -0.39 is 0 Å². The van der Waals surface area contributed by atoms with Gasteiger partial charge in [0.2, 0.25) is 0 Å². The molecule has 0 amide bonds. The Bertz CT molecular complexity index is 447. The van der Waals surface area contributed by atoms with Crippen LogP contribution in [0.2, 0.25) is 5.02 Å². The summed E-state index contributed by atoms with van der Waals surface area (Å²) in [4.78, 5) is 0. The molecule has 1 aliphatic carbocycles. The van der Waals surface area contributed by atoms with Crippen molar-refractivity contribution in [2.45, 2.75) is 43.7 Å². The fourth-order valence-electron chi connectivity index (χ4n) is 3.17. The van der Waals surface area contributed by atoms with Gasteiger partial charge in [-0.05, 0) is 30.5 Å². The van der Waals surface area contributed by atoms with E-state index in [2.05, 4.69) is 5.43 Å². The molecule has 0 aliphatic heterocycles. The summed E-state index contributed by atoms with van der Waals surface area (Å²) in [7, 11) is 3.38. The minimum absolute atomic E-state index is 0.0704. The van der Waals surface area contributed by atoms with Crippen molar-refractivity contribution in [1.29, 1.82) is 0 Å². The van der Waals surface area contributed by atoms with Crippen molar-refractivity contribution in [2.75, 3.05) is 14.2 Å². The number of benzene rings is 1. The predicted molar refractivity (Wildman–Crippen MR) is 80.9 cm³/mol. The third-order valence-corrected chi connectivity index (χ3v) is 4.62. The Labute approximate surface area is 125 Å². The van der Waals surface area contributed by atoms with Crippen molar-refractivity contribution >= 4 is 11.6 Å². The van der Waals surface area contributed by atoms with Crippen LogP contribution in [0.1, 0.15) is 43.7 Å². The maximum atomic E-state index is 6.09. The molecule has 5 heteroatoms. The van der Waals surface area contributed by atoms with E-state index in [9.17, 15) is 0 Å². The molecule has 0 heterocycles. The van der Waals surface area contributed by atoms with Crippen LogP contribution in [-0.2, 0) is 4.74 Å². The molecule has 3 N–H and O–H groups in total. The van der Waals surface area contributed by atoms with E-state index in [0.29, 0.717) is 10.8 Å². The lowest BCUT2D eigenvalue weighted by atomic mass is 9.77. The molecule has 0 radical (unpaired) electrons. The molecule has 20 heavy (non-hydrogen) atoms. The topological polar surface area (TPSA) is 56.5 Å². The van der Waals surface area contributed by atoms with Crippen LogP contribution in [0.15, 0.2) is 18.2 Å². The van der Waals surface area contributed by atoms with E-state index in [0.717, 1.165) is 31.2 Å². The maximum Gasteiger partial charge on any atom is 0.137 e. The van der Waals surface area contributed by atoms with Crippen molar-refractivity contribution in [1.82, 2.24) is 5.43 Å². The summed E-state index contributed by atoms with van der Waals surface area (Å²) < 4.78 is 11.2. The zero-order valence-electron chi connectivity index (χ0n) is 12.1. The fraction of sp³-hybridized carbons (Fsp3) is 0.600. The molecule has 1 unspecified atom stereocenters. The Morgan fingerprint density at radius 2 is 1.95 bits per heavy atom. The van der Waals surface area contributed by atoms with Crippen LogP contribution < -0.4 is 16.0 Å². The molecular weight excluding hydrogens is 276 g/mol. The molecule has 1 aromatic carbocycles. The zero-order valence-corrected chi connectivity index (χ0v) is 12.9. The highest BCUT2D eigenvalue weighted by Gasteiger charge is 2.40. The van der Waals surface area contributed by atoms with Crippen LogP contribution in [0.3, 0.4) is 0 Å². The second kappa shape index (κ2) is 6.76. The van der Waals surface area contributed by atoms with Crippen molar-refractivity contribution in [2.24, 2.45) is 5.84 Å². The van der Waals surface area contributed by atoms with Crippen molar-refractivity contribution in [3.05, 3.63) is 28.8 Å². The lowest BCUT2D eigenvalue weighted by Gasteiger charge is -2.42. The number of hydrogen-bond donors (Lipinski definition) is 2. The number of halogens is 1. The van der Waals surface area contributed by atoms with E-state index in [1.165, 1.54) is 6.42 Å². The van der Waals surface area contributed by atoms with Crippen LogP contribution in [0.25, 0.3) is 0 Å². The van der Waals surface area contributed by atoms with E-state index in [4.69, 9.17) is 26.9 Å². The molecular formula is C15H23ClN2O2. The summed E-state index contributed by atoms with van der Waals surface area (Å²) in [6.07, 6.45) is 5.59. The molecule has 1 aliphatic rings. The molecule has 4 nitrogen and oxygen atoms in total. The number of ether oxygens (including phenoxy) is 2. The number of rotatable bonds is 5. The van der Waals surface area contributed by atoms with Gasteiger partial charge in [0.1, 0.15) is 5.75 Å². The van der Waals surface area contributed by atoms with Crippen molar-refractivity contribution in [3.63, 3.8) is 0 Å². The first-order chi connectivity index (χ1) is 9.66. The van der Waals surface area contributed by atoms with E-state index in [1.807, 2.05) is 18.2 Å². The number of hydrazine groups is 1. The summed E-state index contributed by atoms with van der Waals surface area (Å²) in [6, 6.07) is 5.68. The van der Waals surface area contributed by atoms with Gasteiger partial charge in [-0.25, -0.2) is 0 Å². The molecule has 1 fully saturated rings. The maximum absolute atomic E-state index is 6.09. The van der Waals surface area contributed by atoms with E-state index >= 15 is 0 Å². The van der Waals surface area contributed by atoms with Crippen molar-refractivity contribution in [3.8, 4) is 5.75 Å². The molecule has 2 rings (SSSR count). The summed E-state index contributed by atoms with van der Waals surface area (Å²) in [5.41, 5.74) is 3.71. The minimum Gasteiger partial charge on any atom is -0.495 e. The molecule has 0 saturated heterocycles. The van der Waals surface area contributed by atoms with Gasteiger partial charge >= 0.3 is 0 Å². The van der Waals surface area contributed by atoms with E-state index in [1.54, 1.807) is 14.2 Å². The van der Waals surface area contributed by atoms with Gasteiger partial charge in [0, 0.05) is 7.11 Å². The number of hydrogen-bond acceptors (Lipinski definition) is 4. The number of methoxy groups -OCH3 is 2. The Kier molecular flexibility index (Phi) is 5.27. The number of nitrogens with one attached hydrogen (secondary N) is 1. The van der Waals surface area contributed by atoms with Gasteiger partial charge in [0.15, 0.2) is 0 Å². The largest absolute Gasteiger partial charge is 0.495 e. The Morgan fingerprint density at radius 3 is 2.50 bits per heavy atom. The van der Waals surface area contributed by atoms with Gasteiger partial charge in [-0.1, -0.05) is 36.9 Å². The molecule has 112 valence electrons. The average Bonchev–Trinajstić information content (AvgIpc) is 2.50. The smallest absolute Gasteiger partial charge is 0.137 e. The highest BCUT2D eigenvalue weighted by molar-refractivity contribution is 6.32. The van der Waals surface area contributed by atoms with Gasteiger partial charge in [-0.2, -0.15) is 0 Å². The third-order valence-electron chi connectivity index (χ3n) is 4.31. The highest BCUT2D eigenvalue weighted by Crippen LogP contribution is 2.42. The normalized spacial score (nSPS) is 19.6. The predicted octanol–water partition coefficient (Wildman–Crippen LogP) is 3.20. The van der Waals surface area contributed by atoms with Gasteiger partial charge in [0.25, 0.3) is 0 Å². The molecule has 0 spiro atoms. The molecule has 1 atom stereocenters. The first-order valence-electron chi connectivity index (χ1n) is 7.01. The van der Waals surface area contributed by atoms with E-state index in [-0.39, 0.29) is 11.6 Å². The van der Waals surface area contributed by atoms with Crippen LogP contribution in [0, 0.1) is 0 Å². The van der Waals surface area contributed by atoms with Gasteiger partial charge < -0.3 is 9.47 Å². The second-order valence-corrected chi connectivity index (χ2v) is 5.73. The lowest BCUT2D eigenvalue weighted by molar-refractivity contribution is -0.0688. The molecule has 0 aromatic heterocycles.